The molecule has 0 saturated carbocycles. The van der Waals surface area contributed by atoms with Gasteiger partial charge in [-0.15, -0.1) is 0 Å². The lowest BCUT2D eigenvalue weighted by atomic mass is 9.89. The van der Waals surface area contributed by atoms with Gasteiger partial charge in [0, 0.05) is 57.3 Å². The van der Waals surface area contributed by atoms with E-state index in [9.17, 15) is 0 Å². The van der Waals surface area contributed by atoms with Crippen molar-refractivity contribution in [1.29, 1.82) is 0 Å². The third-order valence-electron chi connectivity index (χ3n) is 11.2. The normalized spacial score (nSPS) is 16.9. The fraction of sp³-hybridized carbons (Fsp3) is 0.0600. The number of rotatable bonds is 6. The zero-order valence-electron chi connectivity index (χ0n) is 30.5. The fourth-order valence-electron chi connectivity index (χ4n) is 8.64. The third kappa shape index (κ3) is 5.37. The van der Waals surface area contributed by atoms with Crippen molar-refractivity contribution in [2.75, 3.05) is 4.90 Å². The van der Waals surface area contributed by atoms with Crippen LogP contribution in [0, 0.1) is 0 Å². The van der Waals surface area contributed by atoms with Gasteiger partial charge in [-0.05, 0) is 70.8 Å². The molecule has 11 rings (SSSR count). The number of amidine groups is 2. The van der Waals surface area contributed by atoms with Crippen molar-refractivity contribution in [3.63, 3.8) is 0 Å². The van der Waals surface area contributed by atoms with Crippen molar-refractivity contribution in [3.8, 4) is 16.9 Å². The van der Waals surface area contributed by atoms with Gasteiger partial charge in [0.1, 0.15) is 17.8 Å². The average Bonchev–Trinajstić information content (AvgIpc) is 3.78. The molecule has 6 heteroatoms. The highest BCUT2D eigenvalue weighted by atomic mass is 15.2. The Morgan fingerprint density at radius 2 is 1.32 bits per heavy atom. The summed E-state index contributed by atoms with van der Waals surface area (Å²) in [5.74, 6) is 2.31. The highest BCUT2D eigenvalue weighted by molar-refractivity contribution is 6.13. The molecule has 1 aliphatic carbocycles. The van der Waals surface area contributed by atoms with Crippen molar-refractivity contribution in [2.45, 2.75) is 18.6 Å². The summed E-state index contributed by atoms with van der Waals surface area (Å²) < 4.78 is 2.36. The minimum Gasteiger partial charge on any atom is -0.344 e. The van der Waals surface area contributed by atoms with Crippen LogP contribution in [-0.4, -0.2) is 27.3 Å². The number of para-hydroxylation sites is 3. The van der Waals surface area contributed by atoms with E-state index in [0.29, 0.717) is 5.84 Å². The van der Waals surface area contributed by atoms with Gasteiger partial charge < -0.3 is 10.2 Å². The summed E-state index contributed by atoms with van der Waals surface area (Å²) in [7, 11) is 0. The molecule has 4 heterocycles. The number of nitrogens with zero attached hydrogens (tertiary/aromatic N) is 5. The number of aromatic nitrogens is 2. The van der Waals surface area contributed by atoms with Crippen LogP contribution in [0.1, 0.15) is 39.7 Å². The Bertz CT molecular complexity index is 2850. The van der Waals surface area contributed by atoms with Crippen LogP contribution in [0.15, 0.2) is 192 Å². The van der Waals surface area contributed by atoms with E-state index in [-0.39, 0.29) is 12.2 Å². The molecule has 0 saturated heterocycles. The largest absolute Gasteiger partial charge is 0.344 e. The van der Waals surface area contributed by atoms with E-state index in [1.165, 1.54) is 44.7 Å². The van der Waals surface area contributed by atoms with Crippen LogP contribution in [0.2, 0.25) is 0 Å². The second kappa shape index (κ2) is 13.2. The van der Waals surface area contributed by atoms with Crippen LogP contribution in [0.3, 0.4) is 0 Å². The Kier molecular flexibility index (Phi) is 7.59. The maximum Gasteiger partial charge on any atom is 0.159 e. The zero-order valence-corrected chi connectivity index (χ0v) is 30.5. The molecule has 56 heavy (non-hydrogen) atoms. The quantitative estimate of drug-likeness (QED) is 0.186. The molecule has 2 aliphatic heterocycles. The third-order valence-corrected chi connectivity index (χ3v) is 11.2. The molecule has 0 radical (unpaired) electrons. The highest BCUT2D eigenvalue weighted by Gasteiger charge is 2.39. The zero-order chi connectivity index (χ0) is 37.0. The Morgan fingerprint density at radius 3 is 2.12 bits per heavy atom. The van der Waals surface area contributed by atoms with Crippen molar-refractivity contribution >= 4 is 45.6 Å². The highest BCUT2D eigenvalue weighted by Crippen LogP contribution is 2.50. The summed E-state index contributed by atoms with van der Waals surface area (Å²) in [6.45, 7) is 0. The number of aliphatic imine (C=N–C) groups is 2. The van der Waals surface area contributed by atoms with Crippen LogP contribution in [0.25, 0.3) is 39.5 Å². The molecule has 2 atom stereocenters. The summed E-state index contributed by atoms with van der Waals surface area (Å²) in [5.41, 5.74) is 14.1. The van der Waals surface area contributed by atoms with E-state index in [1.807, 2.05) is 30.5 Å². The van der Waals surface area contributed by atoms with Gasteiger partial charge in [-0.25, -0.2) is 15.0 Å². The molecule has 8 aromatic rings. The lowest BCUT2D eigenvalue weighted by Gasteiger charge is -2.31. The number of fused-ring (bicyclic) bond motifs is 6. The summed E-state index contributed by atoms with van der Waals surface area (Å²) in [4.78, 5) is 17.9. The van der Waals surface area contributed by atoms with Crippen molar-refractivity contribution in [2.24, 2.45) is 9.98 Å². The van der Waals surface area contributed by atoms with Gasteiger partial charge >= 0.3 is 0 Å². The van der Waals surface area contributed by atoms with E-state index >= 15 is 0 Å². The number of hydrogen-bond donors (Lipinski definition) is 1. The predicted molar refractivity (Wildman–Crippen MR) is 229 cm³/mol. The van der Waals surface area contributed by atoms with Crippen LogP contribution < -0.4 is 10.2 Å². The predicted octanol–water partition coefficient (Wildman–Crippen LogP) is 10.8. The first kappa shape index (κ1) is 32.1. The van der Waals surface area contributed by atoms with E-state index in [1.54, 1.807) is 0 Å². The molecule has 6 nitrogen and oxygen atoms in total. The van der Waals surface area contributed by atoms with Crippen LogP contribution in [0.4, 0.5) is 11.4 Å². The number of nitrogens with one attached hydrogen (secondary N) is 1. The minimum absolute atomic E-state index is 0.165. The smallest absolute Gasteiger partial charge is 0.159 e. The van der Waals surface area contributed by atoms with Gasteiger partial charge in [0.15, 0.2) is 5.84 Å². The Morgan fingerprint density at radius 1 is 0.607 bits per heavy atom. The summed E-state index contributed by atoms with van der Waals surface area (Å²) >= 11 is 0. The van der Waals surface area contributed by atoms with Crippen molar-refractivity contribution in [3.05, 3.63) is 216 Å². The molecule has 0 spiro atoms. The van der Waals surface area contributed by atoms with E-state index in [2.05, 4.69) is 173 Å². The molecule has 0 amide bonds. The van der Waals surface area contributed by atoms with Gasteiger partial charge in [0.2, 0.25) is 0 Å². The molecule has 0 bridgehead atoms. The van der Waals surface area contributed by atoms with Gasteiger partial charge in [-0.1, -0.05) is 133 Å². The molecule has 2 aromatic heterocycles. The van der Waals surface area contributed by atoms with Gasteiger partial charge in [0.05, 0.1) is 11.6 Å². The molecule has 266 valence electrons. The first-order valence-electron chi connectivity index (χ1n) is 19.1. The molecular weight excluding hydrogens is 685 g/mol. The molecular formula is C50H36N6. The summed E-state index contributed by atoms with van der Waals surface area (Å²) in [5, 5.41) is 4.89. The molecule has 0 fully saturated rings. The standard InChI is InChI=1S/C50H36N6/c1-4-15-33(16-5-1)35-19-14-20-36(29-35)49-52-48(34-17-6-2-7-18-34)53-50(54-49)37-27-28-47(51-32-37)56-44-26-13-11-24-40(44)42-30-41-39-23-10-12-25-43(39)55(45(41)31-46(42)56)38-21-8-3-9-22-38/h1-30,32,45,49H,31H2,(H,52,53,54). The lowest BCUT2D eigenvalue weighted by molar-refractivity contribution is 0.674. The van der Waals surface area contributed by atoms with Gasteiger partial charge in [-0.2, -0.15) is 0 Å². The molecule has 6 aromatic carbocycles. The van der Waals surface area contributed by atoms with Gasteiger partial charge in [0.25, 0.3) is 0 Å². The Hall–Kier alpha value is -7.31. The van der Waals surface area contributed by atoms with Crippen LogP contribution in [-0.2, 0) is 6.42 Å². The monoisotopic (exact) mass is 720 g/mol. The fourth-order valence-corrected chi connectivity index (χ4v) is 8.64. The van der Waals surface area contributed by atoms with Crippen molar-refractivity contribution in [1.82, 2.24) is 14.9 Å². The summed E-state index contributed by atoms with van der Waals surface area (Å²) in [6, 6.07) is 62.0. The van der Waals surface area contributed by atoms with E-state index in [4.69, 9.17) is 15.0 Å². The number of benzene rings is 6. The first-order chi connectivity index (χ1) is 27.8. The van der Waals surface area contributed by atoms with Crippen LogP contribution >= 0.6 is 0 Å². The lowest BCUT2D eigenvalue weighted by Crippen LogP contribution is -2.33. The molecule has 3 aliphatic rings. The van der Waals surface area contributed by atoms with E-state index in [0.717, 1.165) is 45.8 Å². The number of anilines is 2. The second-order valence-corrected chi connectivity index (χ2v) is 14.5. The maximum absolute atomic E-state index is 5.17. The topological polar surface area (TPSA) is 57.8 Å². The Labute approximate surface area is 325 Å². The molecule has 1 N–H and O–H groups in total. The SMILES string of the molecule is C1=C2c3ccccc3N(c3ccccc3)C2Cc2c1c1ccccc1n2-c1ccc(C2=NC(c3ccccc3)=NC(c3cccc(-c4ccccc4)c3)N2)cn1. The Balaban J connectivity index is 0.981. The van der Waals surface area contributed by atoms with Gasteiger partial charge in [-0.3, -0.25) is 4.57 Å². The van der Waals surface area contributed by atoms with Crippen LogP contribution in [0.5, 0.6) is 0 Å². The average molecular weight is 721 g/mol. The first-order valence-corrected chi connectivity index (χ1v) is 19.1. The number of hydrogen-bond acceptors (Lipinski definition) is 5. The second-order valence-electron chi connectivity index (χ2n) is 14.5. The van der Waals surface area contributed by atoms with E-state index < -0.39 is 0 Å². The summed E-state index contributed by atoms with van der Waals surface area (Å²) in [6.07, 6.45) is 4.89. The maximum atomic E-state index is 5.17. The minimum atomic E-state index is -0.328. The van der Waals surface area contributed by atoms with Crippen molar-refractivity contribution < 1.29 is 0 Å². The number of pyridine rings is 1. The molecule has 2 unspecified atom stereocenters.